The van der Waals surface area contributed by atoms with E-state index in [4.69, 9.17) is 0 Å². The van der Waals surface area contributed by atoms with E-state index in [1.165, 1.54) is 0 Å². The Morgan fingerprint density at radius 1 is 1.19 bits per heavy atom. The van der Waals surface area contributed by atoms with Gasteiger partial charge in [-0.05, 0) is 19.1 Å². The fourth-order valence-electron chi connectivity index (χ4n) is 1.64. The van der Waals surface area contributed by atoms with Gasteiger partial charge in [-0.3, -0.25) is 4.79 Å². The lowest BCUT2D eigenvalue weighted by Gasteiger charge is -2.16. The molecule has 0 saturated heterocycles. The highest BCUT2D eigenvalue weighted by atomic mass is 16.1. The van der Waals surface area contributed by atoms with Crippen LogP contribution >= 0.6 is 0 Å². The zero-order valence-corrected chi connectivity index (χ0v) is 10.2. The van der Waals surface area contributed by atoms with Gasteiger partial charge in [-0.25, -0.2) is 0 Å². The molecule has 16 heavy (non-hydrogen) atoms. The Morgan fingerprint density at radius 2 is 1.81 bits per heavy atom. The fourth-order valence-corrected chi connectivity index (χ4v) is 1.64. The van der Waals surface area contributed by atoms with Crippen LogP contribution in [0.5, 0.6) is 0 Å². The smallest absolute Gasteiger partial charge is 0.225 e. The van der Waals surface area contributed by atoms with Crippen LogP contribution in [0.4, 0.5) is 5.69 Å². The van der Waals surface area contributed by atoms with E-state index in [0.29, 0.717) is 12.5 Å². The minimum absolute atomic E-state index is 0.0480. The molecule has 3 heteroatoms. The van der Waals surface area contributed by atoms with E-state index >= 15 is 0 Å². The van der Waals surface area contributed by atoms with Crippen molar-refractivity contribution < 1.29 is 4.79 Å². The molecule has 0 heterocycles. The molecular formula is C13H20N2O. The maximum atomic E-state index is 11.7. The summed E-state index contributed by atoms with van der Waals surface area (Å²) in [6.45, 7) is 6.17. The highest BCUT2D eigenvalue weighted by Crippen LogP contribution is 2.06. The number of amides is 1. The molecule has 0 aromatic heterocycles. The quantitative estimate of drug-likeness (QED) is 0.800. The van der Waals surface area contributed by atoms with Crippen LogP contribution in [0.3, 0.4) is 0 Å². The molecule has 0 spiro atoms. The standard InChI is InChI=1S/C13H20N2O/c1-10(2)14-11(3)9-13(16)15-12-7-5-4-6-8-12/h4-8,10-11,14H,9H2,1-3H3,(H,15,16). The minimum atomic E-state index is 0.0480. The molecule has 1 rings (SSSR count). The lowest BCUT2D eigenvalue weighted by Crippen LogP contribution is -2.35. The molecular weight excluding hydrogens is 200 g/mol. The normalized spacial score (nSPS) is 12.5. The van der Waals surface area contributed by atoms with Crippen LogP contribution in [-0.4, -0.2) is 18.0 Å². The molecule has 0 radical (unpaired) electrons. The third-order valence-corrected chi connectivity index (χ3v) is 2.17. The summed E-state index contributed by atoms with van der Waals surface area (Å²) in [6.07, 6.45) is 0.493. The second-order valence-corrected chi connectivity index (χ2v) is 4.34. The Balaban J connectivity index is 2.36. The Morgan fingerprint density at radius 3 is 2.38 bits per heavy atom. The Kier molecular flexibility index (Phi) is 4.99. The van der Waals surface area contributed by atoms with E-state index < -0.39 is 0 Å². The first-order chi connectivity index (χ1) is 7.58. The molecule has 1 unspecified atom stereocenters. The predicted molar refractivity (Wildman–Crippen MR) is 67.4 cm³/mol. The van der Waals surface area contributed by atoms with E-state index in [1.54, 1.807) is 0 Å². The molecule has 1 aromatic carbocycles. The lowest BCUT2D eigenvalue weighted by molar-refractivity contribution is -0.116. The van der Waals surface area contributed by atoms with Gasteiger partial charge in [0.2, 0.25) is 5.91 Å². The highest BCUT2D eigenvalue weighted by Gasteiger charge is 2.09. The fraction of sp³-hybridized carbons (Fsp3) is 0.462. The van der Waals surface area contributed by atoms with Gasteiger partial charge >= 0.3 is 0 Å². The summed E-state index contributed by atoms with van der Waals surface area (Å²) in [7, 11) is 0. The first kappa shape index (κ1) is 12.7. The van der Waals surface area contributed by atoms with Crippen molar-refractivity contribution in [1.29, 1.82) is 0 Å². The second-order valence-electron chi connectivity index (χ2n) is 4.34. The first-order valence-corrected chi connectivity index (χ1v) is 5.69. The number of nitrogens with one attached hydrogen (secondary N) is 2. The number of carbonyl (C=O) groups excluding carboxylic acids is 1. The number of anilines is 1. The maximum Gasteiger partial charge on any atom is 0.225 e. The molecule has 0 saturated carbocycles. The van der Waals surface area contributed by atoms with Gasteiger partial charge in [-0.2, -0.15) is 0 Å². The van der Waals surface area contributed by atoms with Crippen molar-refractivity contribution in [1.82, 2.24) is 5.32 Å². The van der Waals surface area contributed by atoms with E-state index in [2.05, 4.69) is 24.5 Å². The van der Waals surface area contributed by atoms with Crippen LogP contribution < -0.4 is 10.6 Å². The summed E-state index contributed by atoms with van der Waals surface area (Å²) < 4.78 is 0. The molecule has 0 fully saturated rings. The van der Waals surface area contributed by atoms with Gasteiger partial charge in [0.1, 0.15) is 0 Å². The number of hydrogen-bond acceptors (Lipinski definition) is 2. The van der Waals surface area contributed by atoms with Crippen molar-refractivity contribution >= 4 is 11.6 Å². The van der Waals surface area contributed by atoms with Crippen LogP contribution in [0, 0.1) is 0 Å². The third kappa shape index (κ3) is 4.94. The Labute approximate surface area is 97.2 Å². The second kappa shape index (κ2) is 6.28. The van der Waals surface area contributed by atoms with Gasteiger partial charge in [-0.1, -0.05) is 32.0 Å². The molecule has 1 aromatic rings. The molecule has 1 atom stereocenters. The van der Waals surface area contributed by atoms with Crippen LogP contribution in [0.15, 0.2) is 30.3 Å². The van der Waals surface area contributed by atoms with Crippen molar-refractivity contribution in [3.63, 3.8) is 0 Å². The van der Waals surface area contributed by atoms with Gasteiger partial charge in [-0.15, -0.1) is 0 Å². The molecule has 0 aliphatic rings. The van der Waals surface area contributed by atoms with Crippen molar-refractivity contribution in [3.05, 3.63) is 30.3 Å². The van der Waals surface area contributed by atoms with Crippen molar-refractivity contribution in [3.8, 4) is 0 Å². The number of carbonyl (C=O) groups is 1. The van der Waals surface area contributed by atoms with Gasteiger partial charge in [0.15, 0.2) is 0 Å². The molecule has 88 valence electrons. The number of rotatable bonds is 5. The molecule has 0 bridgehead atoms. The molecule has 2 N–H and O–H groups in total. The largest absolute Gasteiger partial charge is 0.326 e. The monoisotopic (exact) mass is 220 g/mol. The number of para-hydroxylation sites is 1. The first-order valence-electron chi connectivity index (χ1n) is 5.69. The highest BCUT2D eigenvalue weighted by molar-refractivity contribution is 5.90. The minimum Gasteiger partial charge on any atom is -0.326 e. The predicted octanol–water partition coefficient (Wildman–Crippen LogP) is 2.40. The summed E-state index contributed by atoms with van der Waals surface area (Å²) in [6, 6.07) is 10.1. The van der Waals surface area contributed by atoms with Gasteiger partial charge in [0.05, 0.1) is 0 Å². The van der Waals surface area contributed by atoms with E-state index in [0.717, 1.165) is 5.69 Å². The Hall–Kier alpha value is -1.35. The van der Waals surface area contributed by atoms with Crippen LogP contribution in [0.1, 0.15) is 27.2 Å². The van der Waals surface area contributed by atoms with E-state index in [9.17, 15) is 4.79 Å². The number of hydrogen-bond donors (Lipinski definition) is 2. The topological polar surface area (TPSA) is 41.1 Å². The van der Waals surface area contributed by atoms with Crippen molar-refractivity contribution in [2.24, 2.45) is 0 Å². The molecule has 0 aliphatic carbocycles. The zero-order valence-electron chi connectivity index (χ0n) is 10.2. The van der Waals surface area contributed by atoms with Gasteiger partial charge in [0, 0.05) is 24.2 Å². The summed E-state index contributed by atoms with van der Waals surface area (Å²) in [4.78, 5) is 11.7. The van der Waals surface area contributed by atoms with Gasteiger partial charge in [0.25, 0.3) is 0 Å². The summed E-state index contributed by atoms with van der Waals surface area (Å²) in [5.74, 6) is 0.0480. The average Bonchev–Trinajstić information content (AvgIpc) is 2.17. The molecule has 1 amide bonds. The average molecular weight is 220 g/mol. The van der Waals surface area contributed by atoms with Crippen molar-refractivity contribution in [2.75, 3.05) is 5.32 Å². The van der Waals surface area contributed by atoms with Crippen LogP contribution in [0.25, 0.3) is 0 Å². The summed E-state index contributed by atoms with van der Waals surface area (Å²) in [5.41, 5.74) is 0.851. The SMILES string of the molecule is CC(C)NC(C)CC(=O)Nc1ccccc1. The van der Waals surface area contributed by atoms with E-state index in [1.807, 2.05) is 37.3 Å². The number of benzene rings is 1. The van der Waals surface area contributed by atoms with Crippen LogP contribution in [0.2, 0.25) is 0 Å². The summed E-state index contributed by atoms with van der Waals surface area (Å²) in [5, 5.41) is 6.17. The lowest BCUT2D eigenvalue weighted by atomic mass is 10.2. The molecule has 0 aliphatic heterocycles. The van der Waals surface area contributed by atoms with Gasteiger partial charge < -0.3 is 10.6 Å². The van der Waals surface area contributed by atoms with E-state index in [-0.39, 0.29) is 11.9 Å². The maximum absolute atomic E-state index is 11.7. The zero-order chi connectivity index (χ0) is 12.0. The summed E-state index contributed by atoms with van der Waals surface area (Å²) >= 11 is 0. The van der Waals surface area contributed by atoms with Crippen molar-refractivity contribution in [2.45, 2.75) is 39.3 Å². The third-order valence-electron chi connectivity index (χ3n) is 2.17. The Bertz CT molecular complexity index is 322. The van der Waals surface area contributed by atoms with Crippen LogP contribution in [-0.2, 0) is 4.79 Å². The molecule has 3 nitrogen and oxygen atoms in total.